The minimum absolute atomic E-state index is 0.00915. The Balaban J connectivity index is 1.83. The van der Waals surface area contributed by atoms with Crippen molar-refractivity contribution in [2.45, 2.75) is 57.7 Å². The van der Waals surface area contributed by atoms with Crippen molar-refractivity contribution in [3.63, 3.8) is 0 Å². The summed E-state index contributed by atoms with van der Waals surface area (Å²) < 4.78 is 43.9. The number of halogens is 3. The minimum atomic E-state index is -4.17. The van der Waals surface area contributed by atoms with Gasteiger partial charge in [0.05, 0.1) is 12.5 Å². The van der Waals surface area contributed by atoms with Crippen LogP contribution in [-0.2, 0) is 11.2 Å². The Kier molecular flexibility index (Phi) is 6.52. The van der Waals surface area contributed by atoms with E-state index in [1.165, 1.54) is 0 Å². The molecule has 2 atom stereocenters. The van der Waals surface area contributed by atoms with Gasteiger partial charge in [0.25, 0.3) is 0 Å². The number of ether oxygens (including phenoxy) is 1. The summed E-state index contributed by atoms with van der Waals surface area (Å²) >= 11 is 0. The van der Waals surface area contributed by atoms with Crippen LogP contribution in [0.1, 0.15) is 44.6 Å². The number of para-hydroxylation sites is 1. The molecule has 134 valence electrons. The number of nitrogens with one attached hydrogen (secondary N) is 1. The standard InChI is InChI=1S/C18H24F3NO2/c1-2-24-16-9-4-3-6-13(16)10-11-17(23)22-15-8-5-7-14(12-15)18(19,20)21/h3-4,6,9,14-15H,2,5,7-8,10-12H2,1H3,(H,22,23). The summed E-state index contributed by atoms with van der Waals surface area (Å²) in [6.45, 7) is 2.44. The number of rotatable bonds is 6. The van der Waals surface area contributed by atoms with Gasteiger partial charge in [-0.2, -0.15) is 13.2 Å². The predicted molar refractivity (Wildman–Crippen MR) is 85.9 cm³/mol. The van der Waals surface area contributed by atoms with Gasteiger partial charge in [0, 0.05) is 12.5 Å². The number of benzene rings is 1. The molecular formula is C18H24F3NO2. The fourth-order valence-electron chi connectivity index (χ4n) is 3.17. The summed E-state index contributed by atoms with van der Waals surface area (Å²) in [7, 11) is 0. The van der Waals surface area contributed by atoms with Gasteiger partial charge in [0.1, 0.15) is 5.75 Å². The molecule has 0 bridgehead atoms. The second kappa shape index (κ2) is 8.40. The quantitative estimate of drug-likeness (QED) is 0.838. The van der Waals surface area contributed by atoms with Crippen molar-refractivity contribution in [1.29, 1.82) is 0 Å². The molecule has 1 saturated carbocycles. The van der Waals surface area contributed by atoms with E-state index >= 15 is 0 Å². The molecule has 0 spiro atoms. The van der Waals surface area contributed by atoms with E-state index in [1.54, 1.807) is 0 Å². The van der Waals surface area contributed by atoms with Crippen LogP contribution in [0.3, 0.4) is 0 Å². The zero-order valence-corrected chi connectivity index (χ0v) is 13.9. The summed E-state index contributed by atoms with van der Waals surface area (Å²) in [4.78, 5) is 12.1. The first kappa shape index (κ1) is 18.6. The first-order valence-electron chi connectivity index (χ1n) is 8.47. The highest BCUT2D eigenvalue weighted by atomic mass is 19.4. The van der Waals surface area contributed by atoms with E-state index in [0.717, 1.165) is 11.3 Å². The molecule has 1 amide bonds. The second-order valence-electron chi connectivity index (χ2n) is 6.21. The third-order valence-electron chi connectivity index (χ3n) is 4.40. The van der Waals surface area contributed by atoms with Gasteiger partial charge in [0.2, 0.25) is 5.91 Å². The highest BCUT2D eigenvalue weighted by Crippen LogP contribution is 2.37. The fourth-order valence-corrected chi connectivity index (χ4v) is 3.17. The lowest BCUT2D eigenvalue weighted by molar-refractivity contribution is -0.184. The average molecular weight is 343 g/mol. The molecule has 3 nitrogen and oxygen atoms in total. The van der Waals surface area contributed by atoms with E-state index in [-0.39, 0.29) is 31.2 Å². The summed E-state index contributed by atoms with van der Waals surface area (Å²) in [6.07, 6.45) is -2.13. The van der Waals surface area contributed by atoms with Crippen molar-refractivity contribution in [3.8, 4) is 5.75 Å². The smallest absolute Gasteiger partial charge is 0.391 e. The van der Waals surface area contributed by atoms with Crippen molar-refractivity contribution < 1.29 is 22.7 Å². The van der Waals surface area contributed by atoms with E-state index in [0.29, 0.717) is 25.9 Å². The van der Waals surface area contributed by atoms with Crippen LogP contribution in [0.4, 0.5) is 13.2 Å². The zero-order chi connectivity index (χ0) is 17.6. The van der Waals surface area contributed by atoms with Crippen LogP contribution in [0.2, 0.25) is 0 Å². The summed E-state index contributed by atoms with van der Waals surface area (Å²) in [5, 5.41) is 2.76. The summed E-state index contributed by atoms with van der Waals surface area (Å²) in [6, 6.07) is 7.13. The SMILES string of the molecule is CCOc1ccccc1CCC(=O)NC1CCCC(C(F)(F)F)C1. The third kappa shape index (κ3) is 5.42. The maximum absolute atomic E-state index is 12.8. The van der Waals surface area contributed by atoms with Crippen LogP contribution in [0, 0.1) is 5.92 Å². The van der Waals surface area contributed by atoms with Gasteiger partial charge in [-0.25, -0.2) is 0 Å². The normalized spacial score (nSPS) is 21.3. The van der Waals surface area contributed by atoms with Crippen LogP contribution >= 0.6 is 0 Å². The predicted octanol–water partition coefficient (Wildman–Crippen LogP) is 4.26. The molecule has 0 radical (unpaired) electrons. The van der Waals surface area contributed by atoms with E-state index in [9.17, 15) is 18.0 Å². The van der Waals surface area contributed by atoms with Gasteiger partial charge in [-0.3, -0.25) is 4.79 Å². The topological polar surface area (TPSA) is 38.3 Å². The fraction of sp³-hybridized carbons (Fsp3) is 0.611. The van der Waals surface area contributed by atoms with Crippen molar-refractivity contribution in [1.82, 2.24) is 5.32 Å². The number of carbonyl (C=O) groups excluding carboxylic acids is 1. The van der Waals surface area contributed by atoms with Crippen LogP contribution < -0.4 is 10.1 Å². The van der Waals surface area contributed by atoms with Crippen molar-refractivity contribution in [2.75, 3.05) is 6.61 Å². The van der Waals surface area contributed by atoms with Crippen molar-refractivity contribution in [3.05, 3.63) is 29.8 Å². The highest BCUT2D eigenvalue weighted by Gasteiger charge is 2.42. The molecule has 1 fully saturated rings. The molecule has 0 heterocycles. The van der Waals surface area contributed by atoms with Crippen LogP contribution in [0.25, 0.3) is 0 Å². The average Bonchev–Trinajstić information content (AvgIpc) is 2.54. The monoisotopic (exact) mass is 343 g/mol. The summed E-state index contributed by atoms with van der Waals surface area (Å²) in [5.41, 5.74) is 0.936. The lowest BCUT2D eigenvalue weighted by atomic mass is 9.85. The summed E-state index contributed by atoms with van der Waals surface area (Å²) in [5.74, 6) is -0.744. The first-order valence-corrected chi connectivity index (χ1v) is 8.47. The van der Waals surface area contributed by atoms with Gasteiger partial charge in [-0.15, -0.1) is 0 Å². The molecule has 0 aromatic heterocycles. The Morgan fingerprint density at radius 1 is 1.29 bits per heavy atom. The van der Waals surface area contributed by atoms with E-state index < -0.39 is 12.1 Å². The minimum Gasteiger partial charge on any atom is -0.494 e. The van der Waals surface area contributed by atoms with Crippen molar-refractivity contribution in [2.24, 2.45) is 5.92 Å². The number of hydrogen-bond donors (Lipinski definition) is 1. The largest absolute Gasteiger partial charge is 0.494 e. The second-order valence-corrected chi connectivity index (χ2v) is 6.21. The molecule has 1 N–H and O–H groups in total. The Bertz CT molecular complexity index is 545. The van der Waals surface area contributed by atoms with Gasteiger partial charge < -0.3 is 10.1 Å². The molecular weight excluding hydrogens is 319 g/mol. The lowest BCUT2D eigenvalue weighted by Gasteiger charge is -2.31. The van der Waals surface area contributed by atoms with Crippen LogP contribution in [-0.4, -0.2) is 24.7 Å². The Morgan fingerprint density at radius 2 is 2.04 bits per heavy atom. The Labute approximate surface area is 140 Å². The number of amides is 1. The zero-order valence-electron chi connectivity index (χ0n) is 13.9. The Morgan fingerprint density at radius 3 is 2.75 bits per heavy atom. The number of hydrogen-bond acceptors (Lipinski definition) is 2. The van der Waals surface area contributed by atoms with Crippen LogP contribution in [0.5, 0.6) is 5.75 Å². The van der Waals surface area contributed by atoms with Crippen molar-refractivity contribution >= 4 is 5.91 Å². The first-order chi connectivity index (χ1) is 11.4. The number of alkyl halides is 3. The molecule has 1 aromatic carbocycles. The highest BCUT2D eigenvalue weighted by molar-refractivity contribution is 5.76. The maximum Gasteiger partial charge on any atom is 0.391 e. The van der Waals surface area contributed by atoms with Gasteiger partial charge >= 0.3 is 6.18 Å². The third-order valence-corrected chi connectivity index (χ3v) is 4.40. The van der Waals surface area contributed by atoms with Gasteiger partial charge in [-0.1, -0.05) is 24.6 Å². The molecule has 1 aliphatic rings. The van der Waals surface area contributed by atoms with Gasteiger partial charge in [-0.05, 0) is 44.2 Å². The molecule has 2 unspecified atom stereocenters. The Hall–Kier alpha value is -1.72. The van der Waals surface area contributed by atoms with Gasteiger partial charge in [0.15, 0.2) is 0 Å². The van der Waals surface area contributed by atoms with E-state index in [1.807, 2.05) is 31.2 Å². The number of carbonyl (C=O) groups is 1. The van der Waals surface area contributed by atoms with E-state index in [2.05, 4.69) is 5.32 Å². The molecule has 0 saturated heterocycles. The molecule has 2 rings (SSSR count). The molecule has 1 aliphatic carbocycles. The maximum atomic E-state index is 12.8. The van der Waals surface area contributed by atoms with Crippen LogP contribution in [0.15, 0.2) is 24.3 Å². The number of aryl methyl sites for hydroxylation is 1. The molecule has 6 heteroatoms. The molecule has 0 aliphatic heterocycles. The molecule has 1 aromatic rings. The molecule has 24 heavy (non-hydrogen) atoms. The lowest BCUT2D eigenvalue weighted by Crippen LogP contribution is -2.41. The van der Waals surface area contributed by atoms with E-state index in [4.69, 9.17) is 4.74 Å².